The van der Waals surface area contributed by atoms with Crippen molar-refractivity contribution in [2.75, 3.05) is 19.2 Å². The highest BCUT2D eigenvalue weighted by atomic mass is 16.7. The Morgan fingerprint density at radius 2 is 1.95 bits per heavy atom. The van der Waals surface area contributed by atoms with Crippen LogP contribution in [0.4, 0.5) is 5.69 Å². The molecule has 22 heavy (non-hydrogen) atoms. The number of methoxy groups -OCH3 is 1. The van der Waals surface area contributed by atoms with Gasteiger partial charge in [-0.05, 0) is 48.4 Å². The zero-order valence-corrected chi connectivity index (χ0v) is 12.5. The Bertz CT molecular complexity index is 652. The van der Waals surface area contributed by atoms with Crippen LogP contribution in [0.15, 0.2) is 55.1 Å². The van der Waals surface area contributed by atoms with Gasteiger partial charge in [0, 0.05) is 5.69 Å². The molecule has 0 unspecified atom stereocenters. The first-order valence-electron chi connectivity index (χ1n) is 7.21. The summed E-state index contributed by atoms with van der Waals surface area (Å²) in [5.74, 6) is 2.43. The molecule has 0 aliphatic carbocycles. The highest BCUT2D eigenvalue weighted by molar-refractivity contribution is 5.51. The van der Waals surface area contributed by atoms with E-state index < -0.39 is 0 Å². The number of fused-ring (bicyclic) bond motifs is 1. The fourth-order valence-corrected chi connectivity index (χ4v) is 2.46. The molecule has 114 valence electrons. The lowest BCUT2D eigenvalue weighted by Crippen LogP contribution is -2.09. The number of hydrogen-bond donors (Lipinski definition) is 1. The van der Waals surface area contributed by atoms with Crippen molar-refractivity contribution in [2.24, 2.45) is 0 Å². The van der Waals surface area contributed by atoms with E-state index in [-0.39, 0.29) is 12.8 Å². The minimum absolute atomic E-state index is 0.125. The normalized spacial score (nSPS) is 13.5. The maximum Gasteiger partial charge on any atom is 0.231 e. The summed E-state index contributed by atoms with van der Waals surface area (Å²) >= 11 is 0. The molecule has 1 atom stereocenters. The zero-order chi connectivity index (χ0) is 15.4. The van der Waals surface area contributed by atoms with Gasteiger partial charge in [0.2, 0.25) is 6.79 Å². The van der Waals surface area contributed by atoms with Crippen LogP contribution >= 0.6 is 0 Å². The number of benzene rings is 2. The predicted octanol–water partition coefficient (Wildman–Crippen LogP) is 4.15. The molecule has 4 nitrogen and oxygen atoms in total. The quantitative estimate of drug-likeness (QED) is 0.813. The number of ether oxygens (including phenoxy) is 3. The molecule has 1 heterocycles. The summed E-state index contributed by atoms with van der Waals surface area (Å²) in [7, 11) is 1.66. The van der Waals surface area contributed by atoms with Crippen LogP contribution in [-0.2, 0) is 0 Å². The lowest BCUT2D eigenvalue weighted by Gasteiger charge is -2.19. The Kier molecular flexibility index (Phi) is 4.19. The fourth-order valence-electron chi connectivity index (χ4n) is 2.46. The van der Waals surface area contributed by atoms with Gasteiger partial charge in [-0.2, -0.15) is 0 Å². The SMILES string of the molecule is C=CC[C@H](Nc1ccc(OC)cc1)c1ccc2c(c1)OCO2. The lowest BCUT2D eigenvalue weighted by atomic mass is 10.0. The molecule has 0 fully saturated rings. The number of nitrogens with one attached hydrogen (secondary N) is 1. The van der Waals surface area contributed by atoms with Gasteiger partial charge in [-0.25, -0.2) is 0 Å². The Balaban J connectivity index is 1.81. The predicted molar refractivity (Wildman–Crippen MR) is 86.7 cm³/mol. The molecular formula is C18H19NO3. The van der Waals surface area contributed by atoms with Gasteiger partial charge in [-0.1, -0.05) is 12.1 Å². The lowest BCUT2D eigenvalue weighted by molar-refractivity contribution is 0.174. The highest BCUT2D eigenvalue weighted by Gasteiger charge is 2.17. The van der Waals surface area contributed by atoms with Crippen molar-refractivity contribution in [2.45, 2.75) is 12.5 Å². The standard InChI is InChI=1S/C18H19NO3/c1-3-4-16(19-14-6-8-15(20-2)9-7-14)13-5-10-17-18(11-13)22-12-21-17/h3,5-11,16,19H,1,4,12H2,2H3/t16-/m0/s1. The van der Waals surface area contributed by atoms with Gasteiger partial charge >= 0.3 is 0 Å². The molecule has 0 radical (unpaired) electrons. The van der Waals surface area contributed by atoms with Crippen molar-refractivity contribution in [3.05, 3.63) is 60.7 Å². The van der Waals surface area contributed by atoms with Crippen LogP contribution in [0.3, 0.4) is 0 Å². The second kappa shape index (κ2) is 6.43. The van der Waals surface area contributed by atoms with E-state index in [1.807, 2.05) is 42.5 Å². The van der Waals surface area contributed by atoms with Crippen LogP contribution in [0.2, 0.25) is 0 Å². The molecule has 1 aliphatic rings. The van der Waals surface area contributed by atoms with Gasteiger partial charge < -0.3 is 19.5 Å². The zero-order valence-electron chi connectivity index (χ0n) is 12.5. The largest absolute Gasteiger partial charge is 0.497 e. The van der Waals surface area contributed by atoms with E-state index in [0.717, 1.165) is 34.9 Å². The second-order valence-corrected chi connectivity index (χ2v) is 5.06. The van der Waals surface area contributed by atoms with Gasteiger partial charge in [0.05, 0.1) is 13.2 Å². The van der Waals surface area contributed by atoms with Crippen molar-refractivity contribution in [3.63, 3.8) is 0 Å². The number of rotatable bonds is 6. The van der Waals surface area contributed by atoms with Crippen LogP contribution in [0.5, 0.6) is 17.2 Å². The van der Waals surface area contributed by atoms with Gasteiger partial charge in [0.25, 0.3) is 0 Å². The molecular weight excluding hydrogens is 278 g/mol. The van der Waals surface area contributed by atoms with Crippen molar-refractivity contribution >= 4 is 5.69 Å². The summed E-state index contributed by atoms with van der Waals surface area (Å²) in [6.07, 6.45) is 2.72. The molecule has 3 rings (SSSR count). The molecule has 1 aliphatic heterocycles. The van der Waals surface area contributed by atoms with Gasteiger partial charge in [0.1, 0.15) is 5.75 Å². The van der Waals surface area contributed by atoms with Crippen LogP contribution in [0, 0.1) is 0 Å². The smallest absolute Gasteiger partial charge is 0.231 e. The Morgan fingerprint density at radius 1 is 1.18 bits per heavy atom. The second-order valence-electron chi connectivity index (χ2n) is 5.06. The first-order chi connectivity index (χ1) is 10.8. The summed E-state index contributed by atoms with van der Waals surface area (Å²) in [5, 5.41) is 3.52. The molecule has 0 saturated heterocycles. The average molecular weight is 297 g/mol. The minimum atomic E-state index is 0.125. The molecule has 2 aromatic carbocycles. The summed E-state index contributed by atoms with van der Waals surface area (Å²) < 4.78 is 16.0. The van der Waals surface area contributed by atoms with E-state index in [9.17, 15) is 0 Å². The third-order valence-corrected chi connectivity index (χ3v) is 3.63. The molecule has 2 aromatic rings. The van der Waals surface area contributed by atoms with Crippen LogP contribution in [0.1, 0.15) is 18.0 Å². The highest BCUT2D eigenvalue weighted by Crippen LogP contribution is 2.35. The molecule has 1 N–H and O–H groups in total. The van der Waals surface area contributed by atoms with E-state index in [2.05, 4.69) is 18.0 Å². The Labute approximate surface area is 130 Å². The first-order valence-corrected chi connectivity index (χ1v) is 7.21. The topological polar surface area (TPSA) is 39.7 Å². The molecule has 0 spiro atoms. The van der Waals surface area contributed by atoms with Crippen molar-refractivity contribution in [3.8, 4) is 17.2 Å². The monoisotopic (exact) mass is 297 g/mol. The van der Waals surface area contributed by atoms with E-state index in [1.54, 1.807) is 7.11 Å². The van der Waals surface area contributed by atoms with Crippen LogP contribution in [0.25, 0.3) is 0 Å². The average Bonchev–Trinajstić information content (AvgIpc) is 3.02. The molecule has 4 heteroatoms. The van der Waals surface area contributed by atoms with Crippen molar-refractivity contribution in [1.29, 1.82) is 0 Å². The molecule has 0 amide bonds. The summed E-state index contributed by atoms with van der Waals surface area (Å²) in [6, 6.07) is 14.0. The van der Waals surface area contributed by atoms with Crippen molar-refractivity contribution < 1.29 is 14.2 Å². The van der Waals surface area contributed by atoms with E-state index >= 15 is 0 Å². The minimum Gasteiger partial charge on any atom is -0.497 e. The number of anilines is 1. The maximum atomic E-state index is 5.46. The summed E-state index contributed by atoms with van der Waals surface area (Å²) in [4.78, 5) is 0. The third-order valence-electron chi connectivity index (χ3n) is 3.63. The summed E-state index contributed by atoms with van der Waals surface area (Å²) in [5.41, 5.74) is 2.17. The first kappa shape index (κ1) is 14.3. The van der Waals surface area contributed by atoms with Crippen molar-refractivity contribution in [1.82, 2.24) is 0 Å². The molecule has 0 aromatic heterocycles. The molecule has 0 bridgehead atoms. The maximum absolute atomic E-state index is 5.46. The third kappa shape index (κ3) is 3.01. The van der Waals surface area contributed by atoms with Gasteiger partial charge in [-0.3, -0.25) is 0 Å². The molecule has 0 saturated carbocycles. The summed E-state index contributed by atoms with van der Waals surface area (Å²) in [6.45, 7) is 4.14. The van der Waals surface area contributed by atoms with Crippen LogP contribution in [-0.4, -0.2) is 13.9 Å². The van der Waals surface area contributed by atoms with E-state index in [1.165, 1.54) is 0 Å². The van der Waals surface area contributed by atoms with E-state index in [4.69, 9.17) is 14.2 Å². The number of hydrogen-bond acceptors (Lipinski definition) is 4. The Morgan fingerprint density at radius 3 is 2.68 bits per heavy atom. The van der Waals surface area contributed by atoms with Gasteiger partial charge in [-0.15, -0.1) is 6.58 Å². The fraction of sp³-hybridized carbons (Fsp3) is 0.222. The Hall–Kier alpha value is -2.62. The van der Waals surface area contributed by atoms with E-state index in [0.29, 0.717) is 0 Å². The van der Waals surface area contributed by atoms with Gasteiger partial charge in [0.15, 0.2) is 11.5 Å². The van der Waals surface area contributed by atoms with Crippen LogP contribution < -0.4 is 19.5 Å².